The molecule has 1 aromatic heterocycles. The van der Waals surface area contributed by atoms with E-state index in [0.717, 1.165) is 67.8 Å². The topological polar surface area (TPSA) is 134 Å². The van der Waals surface area contributed by atoms with Gasteiger partial charge in [-0.3, -0.25) is 14.6 Å². The van der Waals surface area contributed by atoms with Crippen molar-refractivity contribution in [3.63, 3.8) is 0 Å². The average Bonchev–Trinajstić information content (AvgIpc) is 3.53. The summed E-state index contributed by atoms with van der Waals surface area (Å²) in [5, 5.41) is 16.5. The Morgan fingerprint density at radius 2 is 1.87 bits per heavy atom. The number of aliphatic hydroxyl groups excluding tert-OH is 1. The number of aliphatic hydroxyl groups is 1. The van der Waals surface area contributed by atoms with Crippen LogP contribution >= 0.6 is 0 Å². The first kappa shape index (κ1) is 31.1. The number of ether oxygens (including phenoxy) is 4. The van der Waals surface area contributed by atoms with Gasteiger partial charge in [-0.15, -0.1) is 0 Å². The number of rotatable bonds is 7. The fourth-order valence-electron chi connectivity index (χ4n) is 5.86. The van der Waals surface area contributed by atoms with Crippen molar-refractivity contribution < 1.29 is 28.8 Å². The molecule has 3 aliphatic heterocycles. The van der Waals surface area contributed by atoms with E-state index in [4.69, 9.17) is 18.9 Å². The molecule has 2 bridgehead atoms. The molecule has 1 amide bonds. The number of nitrogens with one attached hydrogen (secondary N) is 2. The molecule has 13 heteroatoms. The van der Waals surface area contributed by atoms with Gasteiger partial charge in [-0.1, -0.05) is 6.07 Å². The van der Waals surface area contributed by atoms with Crippen LogP contribution in [0.4, 0.5) is 11.5 Å². The summed E-state index contributed by atoms with van der Waals surface area (Å²) >= 11 is 0. The summed E-state index contributed by atoms with van der Waals surface area (Å²) in [5.74, 6) is 3.04. The highest BCUT2D eigenvalue weighted by atomic mass is 16.7. The first-order valence-electron chi connectivity index (χ1n) is 15.8. The summed E-state index contributed by atoms with van der Waals surface area (Å²) in [6.07, 6.45) is 3.05. The van der Waals surface area contributed by atoms with Gasteiger partial charge in [0.1, 0.15) is 12.1 Å². The van der Waals surface area contributed by atoms with Crippen LogP contribution in [0.2, 0.25) is 0 Å². The fourth-order valence-corrected chi connectivity index (χ4v) is 5.86. The van der Waals surface area contributed by atoms with Gasteiger partial charge in [-0.25, -0.2) is 9.97 Å². The summed E-state index contributed by atoms with van der Waals surface area (Å²) in [6, 6.07) is 7.36. The van der Waals surface area contributed by atoms with E-state index in [1.165, 1.54) is 6.33 Å². The summed E-state index contributed by atoms with van der Waals surface area (Å²) in [7, 11) is 1.93. The number of carbonyl (C=O) groups excluding carboxylic acids is 1. The highest BCUT2D eigenvalue weighted by Gasteiger charge is 2.26. The van der Waals surface area contributed by atoms with E-state index in [2.05, 4.69) is 30.4 Å². The molecule has 0 radical (unpaired) electrons. The van der Waals surface area contributed by atoms with Crippen molar-refractivity contribution in [2.45, 2.75) is 32.4 Å². The molecule has 45 heavy (non-hydrogen) atoms. The van der Waals surface area contributed by atoms with Gasteiger partial charge < -0.3 is 39.6 Å². The van der Waals surface area contributed by atoms with Crippen LogP contribution in [-0.2, 0) is 11.3 Å². The van der Waals surface area contributed by atoms with Gasteiger partial charge in [0, 0.05) is 63.8 Å². The largest absolute Gasteiger partial charge is 0.490 e. The zero-order valence-corrected chi connectivity index (χ0v) is 26.1. The minimum absolute atomic E-state index is 0.0433. The molecule has 3 aliphatic rings. The minimum atomic E-state index is -0.347. The molecule has 0 unspecified atom stereocenters. The van der Waals surface area contributed by atoms with Crippen molar-refractivity contribution in [1.29, 1.82) is 0 Å². The molecular weight excluding hydrogens is 578 g/mol. The Labute approximate surface area is 263 Å². The molecule has 3 N–H and O–H groups in total. The Hall–Kier alpha value is -3.91. The van der Waals surface area contributed by atoms with Crippen LogP contribution in [0.15, 0.2) is 30.6 Å². The molecular formula is C32H43N7O6. The predicted molar refractivity (Wildman–Crippen MR) is 170 cm³/mol. The Balaban J connectivity index is 1.25. The standard InChI is InChI=1S/C32H43N7O6/c1-22-32(41)33-7-3-15-42-27-17-24-25(18-28(27)43-16-4-8-38-9-11-39(12-10-38)13-14-40)34-20-35-31(24)36-29-23(19-37(22)2)5-6-26-30(29)45-21-44-26/h5-6,17-18,20,22,40H,3-4,7-16,19,21H2,1-2H3,(H,33,41)(H,34,35,36)/t22-/m0/s1. The van der Waals surface area contributed by atoms with Crippen LogP contribution < -0.4 is 29.6 Å². The molecule has 1 atom stereocenters. The third-order valence-corrected chi connectivity index (χ3v) is 8.67. The molecule has 0 aliphatic carbocycles. The molecule has 1 fully saturated rings. The number of likely N-dealkylation sites (N-methyl/N-ethyl adjacent to an activating group) is 1. The van der Waals surface area contributed by atoms with E-state index >= 15 is 0 Å². The maximum Gasteiger partial charge on any atom is 0.237 e. The Kier molecular flexibility index (Phi) is 9.99. The summed E-state index contributed by atoms with van der Waals surface area (Å²) in [6.45, 7) is 9.78. The van der Waals surface area contributed by atoms with Gasteiger partial charge in [0.15, 0.2) is 23.0 Å². The van der Waals surface area contributed by atoms with Crippen LogP contribution in [0.3, 0.4) is 0 Å². The highest BCUT2D eigenvalue weighted by Crippen LogP contribution is 2.44. The number of hydrogen-bond donors (Lipinski definition) is 3. The molecule has 6 rings (SSSR count). The number of nitrogens with zero attached hydrogens (tertiary/aromatic N) is 5. The number of fused-ring (bicyclic) bond motifs is 4. The summed E-state index contributed by atoms with van der Waals surface area (Å²) in [4.78, 5) is 28.8. The quantitative estimate of drug-likeness (QED) is 0.334. The van der Waals surface area contributed by atoms with Crippen molar-refractivity contribution in [3.8, 4) is 23.0 Å². The zero-order valence-electron chi connectivity index (χ0n) is 26.1. The van der Waals surface area contributed by atoms with Crippen LogP contribution in [-0.4, -0.2) is 121 Å². The Bertz CT molecular complexity index is 1480. The van der Waals surface area contributed by atoms with E-state index in [0.29, 0.717) is 61.5 Å². The van der Waals surface area contributed by atoms with Gasteiger partial charge in [0.25, 0.3) is 0 Å². The van der Waals surface area contributed by atoms with Crippen LogP contribution in [0.25, 0.3) is 10.9 Å². The number of aromatic nitrogens is 2. The third-order valence-electron chi connectivity index (χ3n) is 8.67. The van der Waals surface area contributed by atoms with Gasteiger partial charge in [-0.05, 0) is 44.5 Å². The smallest absolute Gasteiger partial charge is 0.237 e. The van der Waals surface area contributed by atoms with E-state index in [1.807, 2.05) is 43.1 Å². The van der Waals surface area contributed by atoms with Crippen LogP contribution in [0.5, 0.6) is 23.0 Å². The lowest BCUT2D eigenvalue weighted by Gasteiger charge is -2.34. The number of benzene rings is 2. The first-order valence-corrected chi connectivity index (χ1v) is 15.8. The maximum absolute atomic E-state index is 12.9. The molecule has 2 aromatic carbocycles. The second-order valence-electron chi connectivity index (χ2n) is 11.7. The van der Waals surface area contributed by atoms with Crippen molar-refractivity contribution in [2.24, 2.45) is 0 Å². The molecule has 3 aromatic rings. The average molecular weight is 622 g/mol. The lowest BCUT2D eigenvalue weighted by molar-refractivity contribution is -0.125. The minimum Gasteiger partial charge on any atom is -0.490 e. The van der Waals surface area contributed by atoms with E-state index in [1.54, 1.807) is 0 Å². The fraction of sp³-hybridized carbons (Fsp3) is 0.531. The van der Waals surface area contributed by atoms with E-state index in [-0.39, 0.29) is 25.3 Å². The second-order valence-corrected chi connectivity index (χ2v) is 11.7. The molecule has 0 saturated carbocycles. The normalized spacial score (nSPS) is 20.0. The number of piperazine rings is 1. The molecule has 13 nitrogen and oxygen atoms in total. The number of β-amino-alcohol motifs (C(OH)–C–C–N with tert-alkyl or cyclic N) is 1. The number of carbonyl (C=O) groups is 1. The molecule has 1 saturated heterocycles. The van der Waals surface area contributed by atoms with Crippen molar-refractivity contribution in [1.82, 2.24) is 30.0 Å². The predicted octanol–water partition coefficient (Wildman–Crippen LogP) is 2.20. The zero-order chi connectivity index (χ0) is 31.2. The van der Waals surface area contributed by atoms with Gasteiger partial charge in [0.2, 0.25) is 12.7 Å². The summed E-state index contributed by atoms with van der Waals surface area (Å²) < 4.78 is 24.1. The maximum atomic E-state index is 12.9. The van der Waals surface area contributed by atoms with Crippen LogP contribution in [0.1, 0.15) is 25.3 Å². The lowest BCUT2D eigenvalue weighted by atomic mass is 10.1. The monoisotopic (exact) mass is 621 g/mol. The lowest BCUT2D eigenvalue weighted by Crippen LogP contribution is -2.47. The Morgan fingerprint density at radius 1 is 1.04 bits per heavy atom. The first-order chi connectivity index (χ1) is 22.0. The van der Waals surface area contributed by atoms with E-state index in [9.17, 15) is 9.90 Å². The van der Waals surface area contributed by atoms with Crippen molar-refractivity contribution >= 4 is 28.3 Å². The highest BCUT2D eigenvalue weighted by molar-refractivity contribution is 5.94. The number of hydrogen-bond acceptors (Lipinski definition) is 12. The third kappa shape index (κ3) is 7.33. The van der Waals surface area contributed by atoms with Crippen molar-refractivity contribution in [3.05, 3.63) is 36.2 Å². The van der Waals surface area contributed by atoms with Crippen LogP contribution in [0, 0.1) is 0 Å². The van der Waals surface area contributed by atoms with Crippen molar-refractivity contribution in [2.75, 3.05) is 84.8 Å². The SMILES string of the molecule is C[C@H]1C(=O)NCCCOc2cc3c(ncnc3cc2OCCCN2CCN(CCO)CC2)Nc2c(ccc3c2OCO3)CN1C. The molecule has 0 spiro atoms. The molecule has 4 heterocycles. The Morgan fingerprint density at radius 3 is 2.69 bits per heavy atom. The van der Waals surface area contributed by atoms with Gasteiger partial charge in [-0.2, -0.15) is 0 Å². The second kappa shape index (κ2) is 14.5. The summed E-state index contributed by atoms with van der Waals surface area (Å²) in [5.41, 5.74) is 2.39. The van der Waals surface area contributed by atoms with Gasteiger partial charge >= 0.3 is 0 Å². The number of anilines is 2. The molecule has 242 valence electrons. The van der Waals surface area contributed by atoms with E-state index < -0.39 is 0 Å². The van der Waals surface area contributed by atoms with Gasteiger partial charge in [0.05, 0.1) is 37.1 Å². The number of amides is 1.